The molecule has 0 aliphatic heterocycles. The molecule has 0 saturated heterocycles. The fourth-order valence-electron chi connectivity index (χ4n) is 4.02. The number of fused-ring (bicyclic) bond motifs is 2. The Balaban J connectivity index is 1.50. The van der Waals surface area contributed by atoms with E-state index in [-0.39, 0.29) is 5.82 Å². The standard InChI is InChI=1S/C25H17FN6O/c1-33-16-8-14(11-27-13-16)15-9-20-23(31-32-25(20)29-12-15)22-10-19-17(6-7-28-24(19)30-22)18-4-2-3-5-21(18)26/h2-13H,1H3,(H,28,30)(H,29,31,32). The van der Waals surface area contributed by atoms with Crippen LogP contribution in [0.4, 0.5) is 4.39 Å². The fourth-order valence-corrected chi connectivity index (χ4v) is 4.02. The van der Waals surface area contributed by atoms with Crippen molar-refractivity contribution >= 4 is 22.1 Å². The number of nitrogens with one attached hydrogen (secondary N) is 2. The molecule has 6 rings (SSSR count). The molecule has 8 heteroatoms. The number of H-pyrrole nitrogens is 2. The van der Waals surface area contributed by atoms with Crippen molar-refractivity contribution in [2.45, 2.75) is 0 Å². The molecule has 0 saturated carbocycles. The fraction of sp³-hybridized carbons (Fsp3) is 0.0400. The summed E-state index contributed by atoms with van der Waals surface area (Å²) < 4.78 is 19.8. The molecule has 5 heterocycles. The minimum absolute atomic E-state index is 0.279. The van der Waals surface area contributed by atoms with Crippen molar-refractivity contribution in [3.05, 3.63) is 79.1 Å². The Bertz CT molecular complexity index is 1640. The van der Waals surface area contributed by atoms with Gasteiger partial charge in [-0.1, -0.05) is 18.2 Å². The molecule has 160 valence electrons. The van der Waals surface area contributed by atoms with Crippen molar-refractivity contribution in [1.82, 2.24) is 30.1 Å². The first kappa shape index (κ1) is 19.1. The lowest BCUT2D eigenvalue weighted by atomic mass is 10.0. The molecule has 0 bridgehead atoms. The SMILES string of the molecule is COc1cncc(-c2cnc3[nH]nc(-c4cc5c(-c6ccccc6F)ccnc5[nH]4)c3c2)c1. The van der Waals surface area contributed by atoms with E-state index in [4.69, 9.17) is 4.74 Å². The molecule has 7 nitrogen and oxygen atoms in total. The number of aromatic amines is 2. The predicted molar refractivity (Wildman–Crippen MR) is 124 cm³/mol. The number of nitrogens with zero attached hydrogens (tertiary/aromatic N) is 4. The number of hydrogen-bond donors (Lipinski definition) is 2. The second-order valence-electron chi connectivity index (χ2n) is 7.59. The number of pyridine rings is 3. The molecule has 33 heavy (non-hydrogen) atoms. The zero-order chi connectivity index (χ0) is 22.4. The number of methoxy groups -OCH3 is 1. The van der Waals surface area contributed by atoms with Gasteiger partial charge in [-0.3, -0.25) is 10.1 Å². The summed E-state index contributed by atoms with van der Waals surface area (Å²) in [4.78, 5) is 16.5. The Labute approximate surface area is 187 Å². The van der Waals surface area contributed by atoms with Gasteiger partial charge >= 0.3 is 0 Å². The average molecular weight is 436 g/mol. The summed E-state index contributed by atoms with van der Waals surface area (Å²) in [5.41, 5.74) is 5.84. The molecule has 0 atom stereocenters. The Hall–Kier alpha value is -4.59. The Morgan fingerprint density at radius 3 is 2.61 bits per heavy atom. The summed E-state index contributed by atoms with van der Waals surface area (Å²) in [7, 11) is 1.61. The summed E-state index contributed by atoms with van der Waals surface area (Å²) >= 11 is 0. The monoisotopic (exact) mass is 436 g/mol. The molecular weight excluding hydrogens is 419 g/mol. The van der Waals surface area contributed by atoms with Crippen molar-refractivity contribution in [2.24, 2.45) is 0 Å². The van der Waals surface area contributed by atoms with Gasteiger partial charge in [0.2, 0.25) is 0 Å². The summed E-state index contributed by atoms with van der Waals surface area (Å²) in [5, 5.41) is 9.13. The number of rotatable bonds is 4. The van der Waals surface area contributed by atoms with Crippen molar-refractivity contribution in [1.29, 1.82) is 0 Å². The van der Waals surface area contributed by atoms with Crippen LogP contribution >= 0.6 is 0 Å². The van der Waals surface area contributed by atoms with Crippen molar-refractivity contribution < 1.29 is 9.13 Å². The van der Waals surface area contributed by atoms with E-state index in [2.05, 4.69) is 30.1 Å². The van der Waals surface area contributed by atoms with Crippen LogP contribution < -0.4 is 4.74 Å². The van der Waals surface area contributed by atoms with Gasteiger partial charge in [-0.15, -0.1) is 0 Å². The minimum atomic E-state index is -0.279. The van der Waals surface area contributed by atoms with E-state index in [9.17, 15) is 4.39 Å². The molecule has 0 spiro atoms. The summed E-state index contributed by atoms with van der Waals surface area (Å²) in [6.07, 6.45) is 6.86. The molecule has 0 radical (unpaired) electrons. The molecule has 1 aromatic carbocycles. The smallest absolute Gasteiger partial charge is 0.155 e. The van der Waals surface area contributed by atoms with Crippen LogP contribution in [0.25, 0.3) is 55.7 Å². The first-order chi connectivity index (χ1) is 16.2. The second kappa shape index (κ2) is 7.52. The Kier molecular flexibility index (Phi) is 4.36. The van der Waals surface area contributed by atoms with Crippen LogP contribution in [0.15, 0.2) is 73.3 Å². The third kappa shape index (κ3) is 3.20. The quantitative estimate of drug-likeness (QED) is 0.387. The van der Waals surface area contributed by atoms with Gasteiger partial charge in [0, 0.05) is 46.1 Å². The highest BCUT2D eigenvalue weighted by Crippen LogP contribution is 2.35. The van der Waals surface area contributed by atoms with Gasteiger partial charge in [-0.2, -0.15) is 5.10 Å². The number of ether oxygens (including phenoxy) is 1. The summed E-state index contributed by atoms with van der Waals surface area (Å²) in [5.74, 6) is 0.390. The third-order valence-electron chi connectivity index (χ3n) is 5.65. The normalized spacial score (nSPS) is 11.3. The summed E-state index contributed by atoms with van der Waals surface area (Å²) in [6.45, 7) is 0. The highest BCUT2D eigenvalue weighted by molar-refractivity contribution is 5.99. The number of benzene rings is 1. The van der Waals surface area contributed by atoms with Gasteiger partial charge in [0.25, 0.3) is 0 Å². The lowest BCUT2D eigenvalue weighted by Gasteiger charge is -2.04. The van der Waals surface area contributed by atoms with Crippen LogP contribution in [0, 0.1) is 5.82 Å². The van der Waals surface area contributed by atoms with Crippen molar-refractivity contribution in [2.75, 3.05) is 7.11 Å². The maximum atomic E-state index is 14.5. The van der Waals surface area contributed by atoms with Gasteiger partial charge in [0.15, 0.2) is 5.65 Å². The number of halogens is 1. The van der Waals surface area contributed by atoms with E-state index in [1.54, 1.807) is 44.0 Å². The number of aromatic nitrogens is 6. The maximum Gasteiger partial charge on any atom is 0.155 e. The van der Waals surface area contributed by atoms with Gasteiger partial charge in [-0.25, -0.2) is 14.4 Å². The van der Waals surface area contributed by atoms with Crippen molar-refractivity contribution in [3.8, 4) is 39.4 Å². The Morgan fingerprint density at radius 1 is 0.848 bits per heavy atom. The van der Waals surface area contributed by atoms with Crippen LogP contribution in [0.3, 0.4) is 0 Å². The topological polar surface area (TPSA) is 92.4 Å². The molecule has 0 unspecified atom stereocenters. The van der Waals surface area contributed by atoms with Gasteiger partial charge in [0.05, 0.1) is 19.0 Å². The molecule has 6 aromatic rings. The van der Waals surface area contributed by atoms with Gasteiger partial charge < -0.3 is 9.72 Å². The van der Waals surface area contributed by atoms with Crippen LogP contribution in [-0.2, 0) is 0 Å². The molecule has 0 fully saturated rings. The first-order valence-electron chi connectivity index (χ1n) is 10.3. The molecule has 5 aromatic heterocycles. The predicted octanol–water partition coefficient (Wildman–Crippen LogP) is 5.38. The zero-order valence-electron chi connectivity index (χ0n) is 17.5. The highest BCUT2D eigenvalue weighted by atomic mass is 19.1. The third-order valence-corrected chi connectivity index (χ3v) is 5.65. The van der Waals surface area contributed by atoms with E-state index in [0.29, 0.717) is 28.3 Å². The Morgan fingerprint density at radius 2 is 1.73 bits per heavy atom. The molecular formula is C25H17FN6O. The van der Waals surface area contributed by atoms with Gasteiger partial charge in [-0.05, 0) is 35.9 Å². The van der Waals surface area contributed by atoms with Gasteiger partial charge in [0.1, 0.15) is 22.9 Å². The van der Waals surface area contributed by atoms with E-state index in [0.717, 1.165) is 33.2 Å². The maximum absolute atomic E-state index is 14.5. The van der Waals surface area contributed by atoms with E-state index in [1.165, 1.54) is 6.07 Å². The van der Waals surface area contributed by atoms with Crippen molar-refractivity contribution in [3.63, 3.8) is 0 Å². The van der Waals surface area contributed by atoms with E-state index in [1.807, 2.05) is 30.3 Å². The van der Waals surface area contributed by atoms with E-state index >= 15 is 0 Å². The lowest BCUT2D eigenvalue weighted by Crippen LogP contribution is -1.87. The molecule has 0 aliphatic rings. The second-order valence-corrected chi connectivity index (χ2v) is 7.59. The lowest BCUT2D eigenvalue weighted by molar-refractivity contribution is 0.413. The zero-order valence-corrected chi connectivity index (χ0v) is 17.5. The average Bonchev–Trinajstić information content (AvgIpc) is 3.48. The highest BCUT2D eigenvalue weighted by Gasteiger charge is 2.16. The first-order valence-corrected chi connectivity index (χ1v) is 10.3. The largest absolute Gasteiger partial charge is 0.495 e. The number of hydrogen-bond acceptors (Lipinski definition) is 5. The van der Waals surface area contributed by atoms with E-state index < -0.39 is 0 Å². The van der Waals surface area contributed by atoms with Crippen LogP contribution in [0.1, 0.15) is 0 Å². The van der Waals surface area contributed by atoms with Crippen LogP contribution in [-0.4, -0.2) is 37.2 Å². The molecule has 0 aliphatic carbocycles. The molecule has 2 N–H and O–H groups in total. The van der Waals surface area contributed by atoms with Crippen LogP contribution in [0.5, 0.6) is 5.75 Å². The summed E-state index contributed by atoms with van der Waals surface area (Å²) in [6, 6.07) is 14.4. The molecule has 0 amide bonds. The minimum Gasteiger partial charge on any atom is -0.495 e. The van der Waals surface area contributed by atoms with Crippen LogP contribution in [0.2, 0.25) is 0 Å².